The van der Waals surface area contributed by atoms with Crippen molar-refractivity contribution in [3.63, 3.8) is 0 Å². The van der Waals surface area contributed by atoms with E-state index in [1.807, 2.05) is 24.3 Å². The van der Waals surface area contributed by atoms with Gasteiger partial charge in [0.1, 0.15) is 0 Å². The van der Waals surface area contributed by atoms with Crippen molar-refractivity contribution >= 4 is 11.6 Å². The van der Waals surface area contributed by atoms with Crippen LogP contribution < -0.4 is 10.6 Å². The summed E-state index contributed by atoms with van der Waals surface area (Å²) in [4.78, 5) is 13.0. The fraction of sp³-hybridized carbons (Fsp3) is 0.417. The first-order valence-electron chi connectivity index (χ1n) is 5.29. The molecule has 0 aliphatic heterocycles. The Morgan fingerprint density at radius 2 is 1.73 bits per heavy atom. The van der Waals surface area contributed by atoms with Crippen LogP contribution in [0.5, 0.6) is 0 Å². The summed E-state index contributed by atoms with van der Waals surface area (Å²) >= 11 is 0. The van der Waals surface area contributed by atoms with Crippen LogP contribution in [-0.2, 0) is 11.2 Å². The lowest BCUT2D eigenvalue weighted by Crippen LogP contribution is -2.21. The van der Waals surface area contributed by atoms with E-state index in [4.69, 9.17) is 5.73 Å². The maximum Gasteiger partial charge on any atom is 0.221 e. The van der Waals surface area contributed by atoms with Crippen molar-refractivity contribution in [3.8, 4) is 0 Å². The number of amides is 1. The van der Waals surface area contributed by atoms with Crippen molar-refractivity contribution in [2.75, 3.05) is 18.0 Å². The molecule has 0 unspecified atom stereocenters. The third-order valence-electron chi connectivity index (χ3n) is 2.44. The zero-order valence-corrected chi connectivity index (χ0v) is 9.36. The summed E-state index contributed by atoms with van der Waals surface area (Å²) < 4.78 is 0. The summed E-state index contributed by atoms with van der Waals surface area (Å²) in [5.41, 5.74) is 7.28. The number of anilines is 1. The van der Waals surface area contributed by atoms with Gasteiger partial charge in [0, 0.05) is 18.8 Å². The third kappa shape index (κ3) is 3.27. The zero-order valence-electron chi connectivity index (χ0n) is 9.36. The number of carbonyl (C=O) groups is 1. The lowest BCUT2D eigenvalue weighted by molar-refractivity contribution is -0.117. The number of benzene rings is 1. The molecule has 0 aliphatic rings. The maximum absolute atomic E-state index is 10.7. The number of rotatable bonds is 5. The molecule has 0 fully saturated rings. The minimum Gasteiger partial charge on any atom is -0.372 e. The number of hydrogen-bond acceptors (Lipinski definition) is 2. The van der Waals surface area contributed by atoms with Gasteiger partial charge in [-0.3, -0.25) is 4.79 Å². The number of nitrogens with zero attached hydrogens (tertiary/aromatic N) is 1. The van der Waals surface area contributed by atoms with Gasteiger partial charge in [-0.05, 0) is 31.5 Å². The lowest BCUT2D eigenvalue weighted by atomic mass is 10.1. The third-order valence-corrected chi connectivity index (χ3v) is 2.44. The molecule has 0 spiro atoms. The van der Waals surface area contributed by atoms with E-state index >= 15 is 0 Å². The highest BCUT2D eigenvalue weighted by molar-refractivity contribution is 5.76. The summed E-state index contributed by atoms with van der Waals surface area (Å²) in [6.07, 6.45) is 0.318. The van der Waals surface area contributed by atoms with E-state index in [0.29, 0.717) is 6.42 Å². The number of primary amides is 1. The van der Waals surface area contributed by atoms with E-state index in [9.17, 15) is 4.79 Å². The van der Waals surface area contributed by atoms with Crippen molar-refractivity contribution in [2.24, 2.45) is 5.73 Å². The number of hydrogen-bond donors (Lipinski definition) is 1. The summed E-state index contributed by atoms with van der Waals surface area (Å²) in [5, 5.41) is 0. The molecule has 1 aromatic rings. The Morgan fingerprint density at radius 3 is 2.13 bits per heavy atom. The van der Waals surface area contributed by atoms with E-state index < -0.39 is 0 Å². The summed E-state index contributed by atoms with van der Waals surface area (Å²) in [5.74, 6) is -0.286. The van der Waals surface area contributed by atoms with Crippen molar-refractivity contribution in [3.05, 3.63) is 29.8 Å². The van der Waals surface area contributed by atoms with E-state index in [-0.39, 0.29) is 5.91 Å². The van der Waals surface area contributed by atoms with Crippen molar-refractivity contribution < 1.29 is 4.79 Å². The normalized spacial score (nSPS) is 10.0. The summed E-state index contributed by atoms with van der Waals surface area (Å²) in [6, 6.07) is 7.98. The molecule has 0 aromatic heterocycles. The van der Waals surface area contributed by atoms with Crippen LogP contribution in [0.1, 0.15) is 19.4 Å². The molecular weight excluding hydrogens is 188 g/mol. The molecule has 1 aromatic carbocycles. The average molecular weight is 206 g/mol. The molecule has 3 nitrogen and oxygen atoms in total. The van der Waals surface area contributed by atoms with E-state index in [1.54, 1.807) is 0 Å². The SMILES string of the molecule is CCN(CC)c1ccc(CC(N)=O)cc1. The largest absolute Gasteiger partial charge is 0.372 e. The fourth-order valence-electron chi connectivity index (χ4n) is 1.61. The number of nitrogens with two attached hydrogens (primary N) is 1. The van der Waals surface area contributed by atoms with E-state index in [2.05, 4.69) is 18.7 Å². The van der Waals surface area contributed by atoms with Gasteiger partial charge in [0.05, 0.1) is 6.42 Å². The van der Waals surface area contributed by atoms with Crippen LogP contribution in [0.15, 0.2) is 24.3 Å². The minimum absolute atomic E-state index is 0.286. The second kappa shape index (κ2) is 5.39. The van der Waals surface area contributed by atoms with Gasteiger partial charge in [-0.1, -0.05) is 12.1 Å². The van der Waals surface area contributed by atoms with E-state index in [0.717, 1.165) is 18.7 Å². The molecule has 0 radical (unpaired) electrons. The van der Waals surface area contributed by atoms with Crippen LogP contribution in [0.3, 0.4) is 0 Å². The maximum atomic E-state index is 10.7. The smallest absolute Gasteiger partial charge is 0.221 e. The van der Waals surface area contributed by atoms with Crippen molar-refractivity contribution in [1.82, 2.24) is 0 Å². The molecule has 1 rings (SSSR count). The Morgan fingerprint density at radius 1 is 1.20 bits per heavy atom. The molecule has 0 atom stereocenters. The highest BCUT2D eigenvalue weighted by Gasteiger charge is 2.02. The van der Waals surface area contributed by atoms with E-state index in [1.165, 1.54) is 5.69 Å². The number of carbonyl (C=O) groups excluding carboxylic acids is 1. The monoisotopic (exact) mass is 206 g/mol. The van der Waals surface area contributed by atoms with Crippen LogP contribution in [0.4, 0.5) is 5.69 Å². The molecule has 3 heteroatoms. The van der Waals surface area contributed by atoms with Gasteiger partial charge in [-0.15, -0.1) is 0 Å². The Hall–Kier alpha value is -1.51. The average Bonchev–Trinajstić information content (AvgIpc) is 2.21. The van der Waals surface area contributed by atoms with Crippen LogP contribution in [0.25, 0.3) is 0 Å². The molecule has 0 heterocycles. The highest BCUT2D eigenvalue weighted by Crippen LogP contribution is 2.14. The second-order valence-corrected chi connectivity index (χ2v) is 3.48. The Balaban J connectivity index is 2.75. The quantitative estimate of drug-likeness (QED) is 0.794. The topological polar surface area (TPSA) is 46.3 Å². The van der Waals surface area contributed by atoms with Gasteiger partial charge in [0.25, 0.3) is 0 Å². The fourth-order valence-corrected chi connectivity index (χ4v) is 1.61. The molecular formula is C12H18N2O. The van der Waals surface area contributed by atoms with Crippen LogP contribution >= 0.6 is 0 Å². The lowest BCUT2D eigenvalue weighted by Gasteiger charge is -2.21. The van der Waals surface area contributed by atoms with Gasteiger partial charge in [0.15, 0.2) is 0 Å². The van der Waals surface area contributed by atoms with Gasteiger partial charge in [-0.2, -0.15) is 0 Å². The van der Waals surface area contributed by atoms with Gasteiger partial charge < -0.3 is 10.6 Å². The summed E-state index contributed by atoms with van der Waals surface area (Å²) in [7, 11) is 0. The highest BCUT2D eigenvalue weighted by atomic mass is 16.1. The minimum atomic E-state index is -0.286. The molecule has 15 heavy (non-hydrogen) atoms. The first-order chi connectivity index (χ1) is 7.17. The molecule has 0 saturated heterocycles. The Labute approximate surface area is 90.9 Å². The van der Waals surface area contributed by atoms with Gasteiger partial charge >= 0.3 is 0 Å². The van der Waals surface area contributed by atoms with Crippen molar-refractivity contribution in [1.29, 1.82) is 0 Å². The molecule has 0 bridgehead atoms. The van der Waals surface area contributed by atoms with Crippen LogP contribution in [-0.4, -0.2) is 19.0 Å². The standard InChI is InChI=1S/C12H18N2O/c1-3-14(4-2)11-7-5-10(6-8-11)9-12(13)15/h5-8H,3-4,9H2,1-2H3,(H2,13,15). The first kappa shape index (κ1) is 11.6. The molecule has 0 aliphatic carbocycles. The molecule has 82 valence electrons. The second-order valence-electron chi connectivity index (χ2n) is 3.48. The Bertz CT molecular complexity index is 315. The Kier molecular flexibility index (Phi) is 4.16. The molecule has 0 saturated carbocycles. The molecule has 2 N–H and O–H groups in total. The predicted octanol–water partition coefficient (Wildman–Crippen LogP) is 1.56. The van der Waals surface area contributed by atoms with Crippen LogP contribution in [0, 0.1) is 0 Å². The zero-order chi connectivity index (χ0) is 11.3. The summed E-state index contributed by atoms with van der Waals surface area (Å²) in [6.45, 7) is 6.24. The first-order valence-corrected chi connectivity index (χ1v) is 5.29. The molecule has 1 amide bonds. The van der Waals surface area contributed by atoms with Crippen LogP contribution in [0.2, 0.25) is 0 Å². The van der Waals surface area contributed by atoms with Gasteiger partial charge in [-0.25, -0.2) is 0 Å². The predicted molar refractivity (Wildman–Crippen MR) is 62.9 cm³/mol. The van der Waals surface area contributed by atoms with Crippen molar-refractivity contribution in [2.45, 2.75) is 20.3 Å². The van der Waals surface area contributed by atoms with Gasteiger partial charge in [0.2, 0.25) is 5.91 Å².